The Kier molecular flexibility index (Phi) is 10.9. The standard InChI is InChI=1S/C11H25N3O3S.HI/c1-11(2,3)14-10(12-4)13-6-7-17-8-9-18(5,15)16;/h6-9H2,1-5H3,(H2,12,13,14);1H. The van der Waals surface area contributed by atoms with Gasteiger partial charge < -0.3 is 15.4 Å². The third kappa shape index (κ3) is 15.9. The normalized spacial score (nSPS) is 12.8. The fourth-order valence-electron chi connectivity index (χ4n) is 1.09. The maximum atomic E-state index is 10.9. The van der Waals surface area contributed by atoms with Gasteiger partial charge in [-0.2, -0.15) is 0 Å². The van der Waals surface area contributed by atoms with Crippen molar-refractivity contribution in [2.45, 2.75) is 26.3 Å². The summed E-state index contributed by atoms with van der Waals surface area (Å²) in [6, 6.07) is 0. The number of sulfone groups is 1. The first-order valence-corrected chi connectivity index (χ1v) is 7.94. The molecule has 6 nitrogen and oxygen atoms in total. The molecule has 0 saturated carbocycles. The van der Waals surface area contributed by atoms with Crippen LogP contribution in [0.3, 0.4) is 0 Å². The predicted octanol–water partition coefficient (Wildman–Crippen LogP) is 0.629. The van der Waals surface area contributed by atoms with E-state index >= 15 is 0 Å². The largest absolute Gasteiger partial charge is 0.379 e. The summed E-state index contributed by atoms with van der Waals surface area (Å²) in [5.74, 6) is 0.760. The molecular weight excluding hydrogens is 381 g/mol. The molecule has 0 saturated heterocycles. The number of halogens is 1. The fourth-order valence-corrected chi connectivity index (χ4v) is 1.51. The molecule has 0 heterocycles. The van der Waals surface area contributed by atoms with Crippen LogP contribution in [0.25, 0.3) is 0 Å². The third-order valence-corrected chi connectivity index (χ3v) is 2.76. The number of nitrogens with zero attached hydrogens (tertiary/aromatic N) is 1. The van der Waals surface area contributed by atoms with E-state index in [4.69, 9.17) is 4.74 Å². The molecule has 0 aliphatic rings. The maximum Gasteiger partial charge on any atom is 0.191 e. The Labute approximate surface area is 133 Å². The van der Waals surface area contributed by atoms with E-state index in [9.17, 15) is 8.42 Å². The molecule has 8 heteroatoms. The first-order chi connectivity index (χ1) is 8.14. The lowest BCUT2D eigenvalue weighted by Gasteiger charge is -2.23. The lowest BCUT2D eigenvalue weighted by Crippen LogP contribution is -2.48. The van der Waals surface area contributed by atoms with Gasteiger partial charge in [0.1, 0.15) is 9.84 Å². The molecule has 0 aliphatic carbocycles. The van der Waals surface area contributed by atoms with Crippen molar-refractivity contribution in [1.29, 1.82) is 0 Å². The molecule has 0 amide bonds. The lowest BCUT2D eigenvalue weighted by atomic mass is 10.1. The van der Waals surface area contributed by atoms with Crippen LogP contribution in [-0.2, 0) is 14.6 Å². The number of rotatable bonds is 6. The zero-order valence-electron chi connectivity index (χ0n) is 12.3. The van der Waals surface area contributed by atoms with Crippen molar-refractivity contribution in [1.82, 2.24) is 10.6 Å². The number of hydrogen-bond acceptors (Lipinski definition) is 4. The molecule has 0 bridgehead atoms. The van der Waals surface area contributed by atoms with Gasteiger partial charge in [-0.3, -0.25) is 4.99 Å². The van der Waals surface area contributed by atoms with Gasteiger partial charge >= 0.3 is 0 Å². The molecule has 0 unspecified atom stereocenters. The van der Waals surface area contributed by atoms with E-state index in [1.165, 1.54) is 6.26 Å². The maximum absolute atomic E-state index is 10.9. The summed E-state index contributed by atoms with van der Waals surface area (Å²) in [6.45, 7) is 7.39. The minimum atomic E-state index is -2.94. The van der Waals surface area contributed by atoms with Crippen molar-refractivity contribution in [3.63, 3.8) is 0 Å². The average molecular weight is 407 g/mol. The van der Waals surface area contributed by atoms with E-state index < -0.39 is 9.84 Å². The van der Waals surface area contributed by atoms with Gasteiger partial charge in [0.2, 0.25) is 0 Å². The number of guanidine groups is 1. The molecule has 116 valence electrons. The Balaban J connectivity index is 0. The lowest BCUT2D eigenvalue weighted by molar-refractivity contribution is 0.154. The molecule has 0 spiro atoms. The van der Waals surface area contributed by atoms with Crippen LogP contribution < -0.4 is 10.6 Å². The van der Waals surface area contributed by atoms with Gasteiger partial charge in [-0.1, -0.05) is 0 Å². The predicted molar refractivity (Wildman–Crippen MR) is 90.2 cm³/mol. The number of hydrogen-bond donors (Lipinski definition) is 2. The molecule has 0 rings (SSSR count). The van der Waals surface area contributed by atoms with Crippen LogP contribution >= 0.6 is 24.0 Å². The highest BCUT2D eigenvalue weighted by atomic mass is 127. The minimum Gasteiger partial charge on any atom is -0.379 e. The van der Waals surface area contributed by atoms with Crippen molar-refractivity contribution in [3.05, 3.63) is 0 Å². The minimum absolute atomic E-state index is 0. The summed E-state index contributed by atoms with van der Waals surface area (Å²) in [5.41, 5.74) is -0.0566. The highest BCUT2D eigenvalue weighted by molar-refractivity contribution is 14.0. The molecule has 19 heavy (non-hydrogen) atoms. The van der Waals surface area contributed by atoms with Crippen LogP contribution in [0.2, 0.25) is 0 Å². The Morgan fingerprint density at radius 2 is 1.84 bits per heavy atom. The Morgan fingerprint density at radius 1 is 1.26 bits per heavy atom. The van der Waals surface area contributed by atoms with Crippen LogP contribution in [0.1, 0.15) is 20.8 Å². The first-order valence-electron chi connectivity index (χ1n) is 5.88. The number of ether oxygens (including phenoxy) is 1. The van der Waals surface area contributed by atoms with Crippen LogP contribution in [0.5, 0.6) is 0 Å². The smallest absolute Gasteiger partial charge is 0.191 e. The third-order valence-electron chi connectivity index (χ3n) is 1.85. The Morgan fingerprint density at radius 3 is 2.26 bits per heavy atom. The molecule has 0 radical (unpaired) electrons. The summed E-state index contributed by atoms with van der Waals surface area (Å²) < 4.78 is 26.9. The van der Waals surface area contributed by atoms with E-state index in [-0.39, 0.29) is 41.9 Å². The highest BCUT2D eigenvalue weighted by Crippen LogP contribution is 1.97. The van der Waals surface area contributed by atoms with Gasteiger partial charge in [-0.05, 0) is 20.8 Å². The summed E-state index contributed by atoms with van der Waals surface area (Å²) in [6.07, 6.45) is 1.20. The molecule has 0 aromatic carbocycles. The zero-order valence-corrected chi connectivity index (χ0v) is 15.5. The molecule has 0 atom stereocenters. The molecule has 0 aromatic rings. The van der Waals surface area contributed by atoms with Crippen molar-refractivity contribution in [2.24, 2.45) is 4.99 Å². The van der Waals surface area contributed by atoms with Crippen molar-refractivity contribution in [3.8, 4) is 0 Å². The molecule has 0 fully saturated rings. The van der Waals surface area contributed by atoms with E-state index in [2.05, 4.69) is 15.6 Å². The number of nitrogens with one attached hydrogen (secondary N) is 2. The SMILES string of the molecule is CN=C(NCCOCCS(C)(=O)=O)NC(C)(C)C.I. The second-order valence-corrected chi connectivity index (χ2v) is 7.38. The quantitative estimate of drug-likeness (QED) is 0.292. The van der Waals surface area contributed by atoms with Crippen molar-refractivity contribution in [2.75, 3.05) is 38.8 Å². The van der Waals surface area contributed by atoms with Gasteiger partial charge in [-0.25, -0.2) is 8.42 Å². The van der Waals surface area contributed by atoms with Gasteiger partial charge in [0.05, 0.1) is 19.0 Å². The van der Waals surface area contributed by atoms with E-state index in [0.29, 0.717) is 19.1 Å². The summed E-state index contributed by atoms with van der Waals surface area (Å²) in [4.78, 5) is 4.07. The summed E-state index contributed by atoms with van der Waals surface area (Å²) in [7, 11) is -1.24. The van der Waals surface area contributed by atoms with Crippen molar-refractivity contribution < 1.29 is 13.2 Å². The van der Waals surface area contributed by atoms with Crippen LogP contribution in [0, 0.1) is 0 Å². The summed E-state index contributed by atoms with van der Waals surface area (Å²) in [5, 5.41) is 6.30. The molecule has 2 N–H and O–H groups in total. The van der Waals surface area contributed by atoms with E-state index in [1.807, 2.05) is 20.8 Å². The molecule has 0 aromatic heterocycles. The van der Waals surface area contributed by atoms with Gasteiger partial charge in [0, 0.05) is 25.4 Å². The summed E-state index contributed by atoms with van der Waals surface area (Å²) >= 11 is 0. The second-order valence-electron chi connectivity index (χ2n) is 5.12. The van der Waals surface area contributed by atoms with Crippen LogP contribution in [0.4, 0.5) is 0 Å². The van der Waals surface area contributed by atoms with Crippen molar-refractivity contribution >= 4 is 39.8 Å². The van der Waals surface area contributed by atoms with Crippen LogP contribution in [0.15, 0.2) is 4.99 Å². The monoisotopic (exact) mass is 407 g/mol. The highest BCUT2D eigenvalue weighted by Gasteiger charge is 2.11. The van der Waals surface area contributed by atoms with E-state index in [0.717, 1.165) is 0 Å². The zero-order chi connectivity index (χ0) is 14.2. The van der Waals surface area contributed by atoms with E-state index in [1.54, 1.807) is 7.05 Å². The van der Waals surface area contributed by atoms with Gasteiger partial charge in [0.15, 0.2) is 5.96 Å². The first kappa shape index (κ1) is 21.2. The fraction of sp³-hybridized carbons (Fsp3) is 0.909. The molecule has 0 aliphatic heterocycles. The Hall–Kier alpha value is -0.0900. The van der Waals surface area contributed by atoms with Gasteiger partial charge in [-0.15, -0.1) is 24.0 Å². The molecular formula is C11H26IN3O3S. The second kappa shape index (κ2) is 9.76. The number of aliphatic imine (C=N–C) groups is 1. The topological polar surface area (TPSA) is 79.8 Å². The van der Waals surface area contributed by atoms with Crippen LogP contribution in [-0.4, -0.2) is 58.7 Å². The van der Waals surface area contributed by atoms with Gasteiger partial charge in [0.25, 0.3) is 0 Å². The Bertz CT molecular complexity index is 364. The average Bonchev–Trinajstić information content (AvgIpc) is 2.18.